The molecular formula is C38H26N2O8. The van der Waals surface area contributed by atoms with E-state index < -0.39 is 23.8 Å². The zero-order valence-electron chi connectivity index (χ0n) is 25.6. The summed E-state index contributed by atoms with van der Waals surface area (Å²) in [5, 5.41) is 29.8. The van der Waals surface area contributed by atoms with Crippen LogP contribution in [0.5, 0.6) is 11.5 Å². The van der Waals surface area contributed by atoms with Gasteiger partial charge in [-0.2, -0.15) is 0 Å². The van der Waals surface area contributed by atoms with Crippen molar-refractivity contribution >= 4 is 78.2 Å². The van der Waals surface area contributed by atoms with Crippen molar-refractivity contribution in [2.75, 3.05) is 24.9 Å². The third kappa shape index (κ3) is 4.83. The molecule has 0 saturated heterocycles. The number of hydrogen-bond acceptors (Lipinski definition) is 6. The SMILES string of the molecule is COc1ccc(NC(=O)c2ccc3c4ccc(C(=O)O)c5c(C(=O)O)ccc(c6ccc(C(=O)Nc7ccc(OC)cc7)c2c36)c54)cc1. The summed E-state index contributed by atoms with van der Waals surface area (Å²) in [6, 6.07) is 26.5. The van der Waals surface area contributed by atoms with Crippen molar-refractivity contribution in [3.63, 3.8) is 0 Å². The van der Waals surface area contributed by atoms with Gasteiger partial charge in [0.2, 0.25) is 0 Å². The average molecular weight is 639 g/mol. The standard InChI is InChI=1S/C38H26N2O8/c1-47-21-7-3-19(4-8-21)39-35(41)27-15-11-23-25-13-17-29(37(43)44)34-30(38(45)46)18-14-26(32(25)34)24-12-16-28(33(27)31(23)24)36(42)40-20-5-9-22(48-2)10-6-20/h3-18H,1-2H3,(H,39,41)(H,40,42)(H,43,44)(H,45,46). The monoisotopic (exact) mass is 638 g/mol. The molecule has 0 heterocycles. The van der Waals surface area contributed by atoms with Crippen LogP contribution in [-0.2, 0) is 0 Å². The molecule has 0 spiro atoms. The lowest BCUT2D eigenvalue weighted by molar-refractivity contribution is 0.0695. The van der Waals surface area contributed by atoms with Crippen molar-refractivity contribution in [3.05, 3.63) is 119 Å². The maximum atomic E-state index is 14.0. The first-order valence-corrected chi connectivity index (χ1v) is 14.8. The summed E-state index contributed by atoms with van der Waals surface area (Å²) >= 11 is 0. The molecular weight excluding hydrogens is 612 g/mol. The van der Waals surface area contributed by atoms with Crippen molar-refractivity contribution in [2.24, 2.45) is 0 Å². The van der Waals surface area contributed by atoms with Crippen molar-refractivity contribution < 1.29 is 38.9 Å². The minimum Gasteiger partial charge on any atom is -0.497 e. The van der Waals surface area contributed by atoms with Gasteiger partial charge in [0.15, 0.2) is 0 Å². The Morgan fingerprint density at radius 3 is 1.06 bits per heavy atom. The lowest BCUT2D eigenvalue weighted by Gasteiger charge is -2.20. The predicted octanol–water partition coefficient (Wildman–Crippen LogP) is 7.66. The maximum Gasteiger partial charge on any atom is 0.336 e. The van der Waals surface area contributed by atoms with Crippen LogP contribution in [0, 0.1) is 0 Å². The van der Waals surface area contributed by atoms with Crippen molar-refractivity contribution in [3.8, 4) is 11.5 Å². The summed E-state index contributed by atoms with van der Waals surface area (Å²) < 4.78 is 10.5. The molecule has 0 aromatic heterocycles. The Kier molecular flexibility index (Phi) is 7.25. The molecule has 2 amide bonds. The molecule has 4 N–H and O–H groups in total. The van der Waals surface area contributed by atoms with Gasteiger partial charge in [-0.3, -0.25) is 9.59 Å². The third-order valence-electron chi connectivity index (χ3n) is 8.55. The molecule has 10 nitrogen and oxygen atoms in total. The third-order valence-corrected chi connectivity index (χ3v) is 8.55. The van der Waals surface area contributed by atoms with Crippen molar-refractivity contribution in [1.82, 2.24) is 0 Å². The van der Waals surface area contributed by atoms with Gasteiger partial charge in [-0.25, -0.2) is 9.59 Å². The highest BCUT2D eigenvalue weighted by atomic mass is 16.5. The lowest BCUT2D eigenvalue weighted by Crippen LogP contribution is -2.17. The summed E-state index contributed by atoms with van der Waals surface area (Å²) in [6.07, 6.45) is 0. The minimum absolute atomic E-state index is 0.103. The molecule has 7 rings (SSSR count). The van der Waals surface area contributed by atoms with Gasteiger partial charge in [-0.05, 0) is 105 Å². The van der Waals surface area contributed by atoms with Gasteiger partial charge in [-0.1, -0.05) is 24.3 Å². The van der Waals surface area contributed by atoms with Crippen LogP contribution < -0.4 is 20.1 Å². The smallest absolute Gasteiger partial charge is 0.336 e. The fraction of sp³-hybridized carbons (Fsp3) is 0.0526. The van der Waals surface area contributed by atoms with Crippen LogP contribution >= 0.6 is 0 Å². The van der Waals surface area contributed by atoms with E-state index in [2.05, 4.69) is 10.6 Å². The van der Waals surface area contributed by atoms with Gasteiger partial charge in [0.05, 0.1) is 25.3 Å². The number of anilines is 2. The number of aromatic carboxylic acids is 2. The number of methoxy groups -OCH3 is 2. The second-order valence-corrected chi connectivity index (χ2v) is 11.1. The summed E-state index contributed by atoms with van der Waals surface area (Å²) in [5.74, 6) is -2.18. The largest absolute Gasteiger partial charge is 0.497 e. The molecule has 0 fully saturated rings. The Morgan fingerprint density at radius 1 is 0.438 bits per heavy atom. The van der Waals surface area contributed by atoms with Crippen molar-refractivity contribution in [2.45, 2.75) is 0 Å². The van der Waals surface area contributed by atoms with E-state index in [1.807, 2.05) is 0 Å². The van der Waals surface area contributed by atoms with E-state index in [1.54, 1.807) is 99.1 Å². The first kappa shape index (κ1) is 30.0. The van der Waals surface area contributed by atoms with Crippen LogP contribution in [0.2, 0.25) is 0 Å². The maximum absolute atomic E-state index is 14.0. The summed E-state index contributed by atoms with van der Waals surface area (Å²) in [5.41, 5.74) is 1.22. The minimum atomic E-state index is -1.26. The van der Waals surface area contributed by atoms with E-state index in [0.29, 0.717) is 60.6 Å². The van der Waals surface area contributed by atoms with E-state index in [9.17, 15) is 29.4 Å². The zero-order chi connectivity index (χ0) is 33.7. The number of fused-ring (bicyclic) bond motifs is 2. The number of amides is 2. The van der Waals surface area contributed by atoms with Crippen LogP contribution in [0.4, 0.5) is 11.4 Å². The fourth-order valence-electron chi connectivity index (χ4n) is 6.37. The fourth-order valence-corrected chi connectivity index (χ4v) is 6.37. The van der Waals surface area contributed by atoms with Gasteiger partial charge >= 0.3 is 11.9 Å². The highest BCUT2D eigenvalue weighted by molar-refractivity contribution is 6.39. The Morgan fingerprint density at radius 2 is 0.750 bits per heavy atom. The van der Waals surface area contributed by atoms with Crippen molar-refractivity contribution in [1.29, 1.82) is 0 Å². The number of ether oxygens (including phenoxy) is 2. The highest BCUT2D eigenvalue weighted by Gasteiger charge is 2.26. The normalized spacial score (nSPS) is 11.2. The first-order chi connectivity index (χ1) is 23.2. The number of benzene rings is 7. The van der Waals surface area contributed by atoms with Crippen LogP contribution in [0.25, 0.3) is 43.1 Å². The molecule has 10 heteroatoms. The molecule has 0 aliphatic heterocycles. The number of nitrogens with one attached hydrogen (secondary N) is 2. The molecule has 0 radical (unpaired) electrons. The summed E-state index contributed by atoms with van der Waals surface area (Å²) in [7, 11) is 3.09. The number of carboxylic acid groups (broad SMARTS) is 2. The molecule has 0 unspecified atom stereocenters. The van der Waals surface area contributed by atoms with Crippen LogP contribution in [0.3, 0.4) is 0 Å². The molecule has 7 aromatic rings. The lowest BCUT2D eigenvalue weighted by atomic mass is 9.84. The number of hydrogen-bond donors (Lipinski definition) is 4. The summed E-state index contributed by atoms with van der Waals surface area (Å²) in [4.78, 5) is 52.5. The van der Waals surface area contributed by atoms with Gasteiger partial charge in [0, 0.05) is 33.3 Å². The van der Waals surface area contributed by atoms with E-state index >= 15 is 0 Å². The quantitative estimate of drug-likeness (QED) is 0.0979. The second-order valence-electron chi connectivity index (χ2n) is 11.1. The van der Waals surface area contributed by atoms with Gasteiger partial charge in [0.1, 0.15) is 11.5 Å². The van der Waals surface area contributed by atoms with E-state index in [0.717, 1.165) is 0 Å². The molecule has 236 valence electrons. The van der Waals surface area contributed by atoms with E-state index in [-0.39, 0.29) is 27.6 Å². The number of carbonyl (C=O) groups is 4. The molecule has 48 heavy (non-hydrogen) atoms. The molecule has 7 aromatic carbocycles. The van der Waals surface area contributed by atoms with Gasteiger partial charge in [0.25, 0.3) is 11.8 Å². The Hall–Kier alpha value is -6.68. The number of rotatable bonds is 8. The highest BCUT2D eigenvalue weighted by Crippen LogP contribution is 2.44. The average Bonchev–Trinajstić information content (AvgIpc) is 3.10. The zero-order valence-corrected chi connectivity index (χ0v) is 25.6. The number of carbonyl (C=O) groups excluding carboxylic acids is 2. The molecule has 0 aliphatic carbocycles. The van der Waals surface area contributed by atoms with Crippen LogP contribution in [-0.4, -0.2) is 48.2 Å². The topological polar surface area (TPSA) is 151 Å². The molecule has 0 atom stereocenters. The summed E-state index contributed by atoms with van der Waals surface area (Å²) in [6.45, 7) is 0. The molecule has 0 aliphatic rings. The van der Waals surface area contributed by atoms with Gasteiger partial charge in [-0.15, -0.1) is 0 Å². The van der Waals surface area contributed by atoms with Gasteiger partial charge < -0.3 is 30.3 Å². The van der Waals surface area contributed by atoms with E-state index in [1.165, 1.54) is 12.1 Å². The Labute approximate surface area is 272 Å². The molecule has 0 bridgehead atoms. The van der Waals surface area contributed by atoms with Crippen LogP contribution in [0.1, 0.15) is 41.4 Å². The molecule has 0 saturated carbocycles. The Bertz CT molecular complexity index is 2290. The number of carboxylic acids is 2. The van der Waals surface area contributed by atoms with Crippen LogP contribution in [0.15, 0.2) is 97.1 Å². The van der Waals surface area contributed by atoms with E-state index in [4.69, 9.17) is 9.47 Å². The second kappa shape index (κ2) is 11.6. The Balaban J connectivity index is 1.51. The predicted molar refractivity (Wildman–Crippen MR) is 183 cm³/mol. The first-order valence-electron chi connectivity index (χ1n) is 14.8.